The summed E-state index contributed by atoms with van der Waals surface area (Å²) in [5.74, 6) is 0. The average Bonchev–Trinajstić information content (AvgIpc) is 2.75. The van der Waals surface area contributed by atoms with Gasteiger partial charge in [0.05, 0.1) is 9.52 Å². The van der Waals surface area contributed by atoms with Crippen molar-refractivity contribution in [2.24, 2.45) is 0 Å². The number of nitrogens with zero attached hydrogens (tertiary/aromatic N) is 1. The Morgan fingerprint density at radius 2 is 1.37 bits per heavy atom. The third kappa shape index (κ3) is 10.0. The zero-order valence-corrected chi connectivity index (χ0v) is 24.0. The van der Waals surface area contributed by atoms with E-state index in [1.54, 1.807) is 21.3 Å². The van der Waals surface area contributed by atoms with Crippen molar-refractivity contribution in [1.82, 2.24) is 10.2 Å². The molecule has 0 aliphatic carbocycles. The van der Waals surface area contributed by atoms with Crippen LogP contribution >= 0.6 is 0 Å². The van der Waals surface area contributed by atoms with Crippen LogP contribution in [0.15, 0.2) is 11.0 Å². The van der Waals surface area contributed by atoms with Gasteiger partial charge in [-0.3, -0.25) is 0 Å². The quantitative estimate of drug-likeness (QED) is 0.208. The molecule has 0 fully saturated rings. The molecule has 0 rings (SSSR count). The van der Waals surface area contributed by atoms with E-state index in [9.17, 15) is 0 Å². The van der Waals surface area contributed by atoms with Gasteiger partial charge in [0.1, 0.15) is 0 Å². The summed E-state index contributed by atoms with van der Waals surface area (Å²) < 4.78 is 35.0. The van der Waals surface area contributed by atoms with Crippen molar-refractivity contribution in [3.63, 3.8) is 0 Å². The zero-order valence-electron chi connectivity index (χ0n) is 20.5. The number of hydrogen-bond acceptors (Lipinski definition) is 8. The standard InChI is InChI=1S/C19H46N2O6Si3/c1-9-21(10-2)17-19(30(22-6,23-7)24-8)28-18-20-15-14-16-29(25-11-3,26-12-4)27-13-5/h17,20H,9-16,18,28H2,1-8H3. The molecule has 30 heavy (non-hydrogen) atoms. The fraction of sp³-hybridized carbons (Fsp3) is 0.895. The van der Waals surface area contributed by atoms with E-state index in [0.29, 0.717) is 19.8 Å². The van der Waals surface area contributed by atoms with Gasteiger partial charge in [-0.1, -0.05) is 0 Å². The second-order valence-electron chi connectivity index (χ2n) is 6.63. The molecule has 1 N–H and O–H groups in total. The van der Waals surface area contributed by atoms with Gasteiger partial charge in [-0.15, -0.1) is 0 Å². The molecule has 180 valence electrons. The third-order valence-corrected chi connectivity index (χ3v) is 13.9. The van der Waals surface area contributed by atoms with Gasteiger partial charge in [-0.2, -0.15) is 0 Å². The van der Waals surface area contributed by atoms with E-state index < -0.39 is 27.1 Å². The van der Waals surface area contributed by atoms with Gasteiger partial charge in [-0.05, 0) is 64.8 Å². The van der Waals surface area contributed by atoms with Crippen LogP contribution in [0.4, 0.5) is 0 Å². The minimum atomic E-state index is -2.78. The van der Waals surface area contributed by atoms with Crippen molar-refractivity contribution < 1.29 is 26.6 Å². The lowest BCUT2D eigenvalue weighted by Gasteiger charge is -2.29. The van der Waals surface area contributed by atoms with Crippen molar-refractivity contribution in [3.05, 3.63) is 11.0 Å². The molecule has 0 aliphatic rings. The van der Waals surface area contributed by atoms with E-state index in [0.717, 1.165) is 38.3 Å². The smallest absolute Gasteiger partial charge is 0.378 e. The molecule has 0 atom stereocenters. The van der Waals surface area contributed by atoms with Crippen LogP contribution < -0.4 is 5.32 Å². The highest BCUT2D eigenvalue weighted by atomic mass is 28.4. The van der Waals surface area contributed by atoms with E-state index >= 15 is 0 Å². The zero-order chi connectivity index (χ0) is 22.9. The number of rotatable bonds is 20. The lowest BCUT2D eigenvalue weighted by molar-refractivity contribution is 0.0708. The fourth-order valence-electron chi connectivity index (χ4n) is 3.35. The first-order valence-corrected chi connectivity index (χ1v) is 16.6. The molecule has 0 bridgehead atoms. The van der Waals surface area contributed by atoms with Crippen LogP contribution in [-0.2, 0) is 26.6 Å². The Bertz CT molecular complexity index is 427. The van der Waals surface area contributed by atoms with Crippen LogP contribution in [0.1, 0.15) is 41.0 Å². The fourth-order valence-corrected chi connectivity index (χ4v) is 11.6. The molecule has 8 nitrogen and oxygen atoms in total. The largest absolute Gasteiger partial charge is 0.528 e. The molecule has 0 saturated heterocycles. The molecule has 0 spiro atoms. The first-order chi connectivity index (χ1) is 14.5. The summed E-state index contributed by atoms with van der Waals surface area (Å²) in [5, 5.41) is 3.58. The van der Waals surface area contributed by atoms with Gasteiger partial charge in [0.15, 0.2) is 0 Å². The molecule has 0 unspecified atom stereocenters. The highest BCUT2D eigenvalue weighted by molar-refractivity contribution is 6.83. The minimum absolute atomic E-state index is 0.615. The van der Waals surface area contributed by atoms with Gasteiger partial charge < -0.3 is 36.8 Å². The van der Waals surface area contributed by atoms with E-state index in [1.165, 1.54) is 4.82 Å². The van der Waals surface area contributed by atoms with Crippen LogP contribution in [0.3, 0.4) is 0 Å². The number of nitrogens with one attached hydrogen (secondary N) is 1. The van der Waals surface area contributed by atoms with E-state index in [-0.39, 0.29) is 0 Å². The summed E-state index contributed by atoms with van der Waals surface area (Å²) in [6.07, 6.45) is 4.11. The predicted molar refractivity (Wildman–Crippen MR) is 129 cm³/mol. The van der Waals surface area contributed by atoms with Gasteiger partial charge in [0.25, 0.3) is 0 Å². The van der Waals surface area contributed by atoms with E-state index in [2.05, 4.69) is 30.3 Å². The highest BCUT2D eigenvalue weighted by Crippen LogP contribution is 2.19. The molecule has 0 aliphatic heterocycles. The molecule has 0 aromatic carbocycles. The Morgan fingerprint density at radius 3 is 1.77 bits per heavy atom. The maximum Gasteiger partial charge on any atom is 0.528 e. The molecular formula is C19H46N2O6Si3. The monoisotopic (exact) mass is 482 g/mol. The second-order valence-corrected chi connectivity index (χ2v) is 14.8. The molecule has 0 radical (unpaired) electrons. The second kappa shape index (κ2) is 17.5. The van der Waals surface area contributed by atoms with Crippen LogP contribution in [0.5, 0.6) is 0 Å². The molecule has 11 heteroatoms. The lowest BCUT2D eigenvalue weighted by Crippen LogP contribution is -2.49. The van der Waals surface area contributed by atoms with Gasteiger partial charge in [-0.25, -0.2) is 0 Å². The van der Waals surface area contributed by atoms with Crippen molar-refractivity contribution in [3.8, 4) is 0 Å². The molecule has 0 aromatic heterocycles. The maximum atomic E-state index is 5.93. The first-order valence-electron chi connectivity index (χ1n) is 11.2. The van der Waals surface area contributed by atoms with Crippen molar-refractivity contribution in [2.75, 3.05) is 67.0 Å². The van der Waals surface area contributed by atoms with Crippen molar-refractivity contribution >= 4 is 27.1 Å². The van der Waals surface area contributed by atoms with Crippen LogP contribution in [0, 0.1) is 0 Å². The van der Waals surface area contributed by atoms with Crippen LogP contribution in [0.25, 0.3) is 0 Å². The summed E-state index contributed by atoms with van der Waals surface area (Å²) in [6.45, 7) is 14.9. The summed E-state index contributed by atoms with van der Waals surface area (Å²) in [5.41, 5.74) is 0. The maximum absolute atomic E-state index is 5.93. The minimum Gasteiger partial charge on any atom is -0.378 e. The Balaban J connectivity index is 4.85. The summed E-state index contributed by atoms with van der Waals surface area (Å²) in [4.78, 5) is 3.49. The molecule has 0 aromatic rings. The van der Waals surface area contributed by atoms with Crippen LogP contribution in [0.2, 0.25) is 6.04 Å². The molecule has 0 amide bonds. The Labute approximate surface area is 189 Å². The number of hydrogen-bond donors (Lipinski definition) is 1. The van der Waals surface area contributed by atoms with E-state index in [1.807, 2.05) is 20.8 Å². The van der Waals surface area contributed by atoms with Gasteiger partial charge in [0.2, 0.25) is 0 Å². The highest BCUT2D eigenvalue weighted by Gasteiger charge is 2.43. The van der Waals surface area contributed by atoms with Gasteiger partial charge >= 0.3 is 17.6 Å². The topological polar surface area (TPSA) is 70.7 Å². The Morgan fingerprint density at radius 1 is 0.867 bits per heavy atom. The van der Waals surface area contributed by atoms with E-state index in [4.69, 9.17) is 26.6 Å². The summed E-state index contributed by atoms with van der Waals surface area (Å²) in [6, 6.07) is 0.826. The summed E-state index contributed by atoms with van der Waals surface area (Å²) in [7, 11) is -0.961. The lowest BCUT2D eigenvalue weighted by atomic mass is 10.5. The summed E-state index contributed by atoms with van der Waals surface area (Å²) >= 11 is 0. The SMILES string of the molecule is CCO[Si](CCCNC[SiH2]C(=CN(CC)CC)[Si](OC)(OC)OC)(OCC)OCC. The van der Waals surface area contributed by atoms with Crippen molar-refractivity contribution in [1.29, 1.82) is 0 Å². The normalized spacial score (nSPS) is 13.5. The molecule has 0 saturated carbocycles. The predicted octanol–water partition coefficient (Wildman–Crippen LogP) is 1.74. The van der Waals surface area contributed by atoms with Crippen LogP contribution in [-0.4, -0.2) is 99.0 Å². The molecular weight excluding hydrogens is 436 g/mol. The Hall–Kier alpha value is -0.0894. The average molecular weight is 483 g/mol. The van der Waals surface area contributed by atoms with Crippen molar-refractivity contribution in [2.45, 2.75) is 47.1 Å². The third-order valence-electron chi connectivity index (χ3n) is 4.85. The van der Waals surface area contributed by atoms with Gasteiger partial charge in [0, 0.05) is 60.3 Å². The first kappa shape index (κ1) is 29.9. The molecule has 0 heterocycles. The Kier molecular flexibility index (Phi) is 17.4.